The molecule has 0 saturated carbocycles. The van der Waals surface area contributed by atoms with E-state index in [4.69, 9.17) is 4.84 Å². The van der Waals surface area contributed by atoms with Crippen molar-refractivity contribution in [2.45, 2.75) is 0 Å². The molecule has 3 aromatic rings. The van der Waals surface area contributed by atoms with Crippen LogP contribution >= 0.6 is 0 Å². The zero-order chi connectivity index (χ0) is 19.6. The van der Waals surface area contributed by atoms with Gasteiger partial charge < -0.3 is 4.84 Å². The molecule has 0 bridgehead atoms. The zero-order valence-electron chi connectivity index (χ0n) is 14.7. The Labute approximate surface area is 161 Å². The van der Waals surface area contributed by atoms with Gasteiger partial charge in [-0.2, -0.15) is 0 Å². The number of hydrogen-bond acceptors (Lipinski definition) is 6. The fraction of sp³-hybridized carbons (Fsp3) is 0. The summed E-state index contributed by atoms with van der Waals surface area (Å²) in [5.41, 5.74) is 4.91. The van der Waals surface area contributed by atoms with E-state index in [1.54, 1.807) is 42.5 Å². The third kappa shape index (κ3) is 5.70. The van der Waals surface area contributed by atoms with E-state index in [1.807, 2.05) is 30.3 Å². The summed E-state index contributed by atoms with van der Waals surface area (Å²) in [6, 6.07) is 19.1. The number of benzene rings is 2. The molecular weight excluding hydrogens is 356 g/mol. The Morgan fingerprint density at radius 3 is 2.36 bits per heavy atom. The molecule has 28 heavy (non-hydrogen) atoms. The number of carbonyl (C=O) groups is 2. The van der Waals surface area contributed by atoms with Crippen LogP contribution in [0.3, 0.4) is 0 Å². The second kappa shape index (κ2) is 9.54. The van der Waals surface area contributed by atoms with E-state index in [-0.39, 0.29) is 0 Å². The number of carbonyl (C=O) groups excluding carboxylic acids is 2. The molecule has 7 heteroatoms. The monoisotopic (exact) mass is 372 g/mol. The first-order valence-corrected chi connectivity index (χ1v) is 8.37. The summed E-state index contributed by atoms with van der Waals surface area (Å²) in [5, 5.41) is 7.56. The molecular formula is C21H16N4O3. The highest BCUT2D eigenvalue weighted by atomic mass is 16.7. The number of hydrogen-bond donors (Lipinski definition) is 1. The van der Waals surface area contributed by atoms with Gasteiger partial charge >= 0.3 is 5.97 Å². The molecule has 138 valence electrons. The lowest BCUT2D eigenvalue weighted by atomic mass is 10.2. The van der Waals surface area contributed by atoms with Crippen LogP contribution in [-0.2, 0) is 9.63 Å². The molecule has 0 radical (unpaired) electrons. The highest BCUT2D eigenvalue weighted by Crippen LogP contribution is 2.17. The highest BCUT2D eigenvalue weighted by Gasteiger charge is 2.03. The van der Waals surface area contributed by atoms with E-state index in [1.165, 1.54) is 18.5 Å². The molecule has 2 aromatic carbocycles. The Morgan fingerprint density at radius 2 is 1.64 bits per heavy atom. The number of nitrogens with zero attached hydrogens (tertiary/aromatic N) is 3. The van der Waals surface area contributed by atoms with Gasteiger partial charge in [0.25, 0.3) is 5.91 Å². The predicted octanol–water partition coefficient (Wildman–Crippen LogP) is 4.59. The first kappa shape index (κ1) is 18.7. The van der Waals surface area contributed by atoms with Crippen molar-refractivity contribution >= 4 is 29.3 Å². The van der Waals surface area contributed by atoms with Crippen LogP contribution in [0.5, 0.6) is 0 Å². The van der Waals surface area contributed by atoms with Crippen molar-refractivity contribution in [3.63, 3.8) is 0 Å². The fourth-order valence-electron chi connectivity index (χ4n) is 2.12. The van der Waals surface area contributed by atoms with Gasteiger partial charge in [0.1, 0.15) is 0 Å². The number of amides is 1. The second-order valence-electron chi connectivity index (χ2n) is 5.56. The minimum atomic E-state index is -0.532. The van der Waals surface area contributed by atoms with E-state index < -0.39 is 11.9 Å². The van der Waals surface area contributed by atoms with Crippen molar-refractivity contribution in [1.82, 2.24) is 4.98 Å². The lowest BCUT2D eigenvalue weighted by Crippen LogP contribution is -2.07. The topological polar surface area (TPSA) is 93.0 Å². The van der Waals surface area contributed by atoms with E-state index in [0.29, 0.717) is 16.9 Å². The molecule has 7 nitrogen and oxygen atoms in total. The fourth-order valence-corrected chi connectivity index (χ4v) is 2.12. The highest BCUT2D eigenvalue weighted by molar-refractivity contribution is 5.94. The molecule has 1 N–H and O–H groups in total. The van der Waals surface area contributed by atoms with Crippen molar-refractivity contribution in [3.05, 3.63) is 96.3 Å². The number of azo groups is 1. The van der Waals surface area contributed by atoms with Gasteiger partial charge in [-0.05, 0) is 48.0 Å². The molecule has 1 aromatic heterocycles. The molecule has 0 atom stereocenters. The number of pyridine rings is 1. The summed E-state index contributed by atoms with van der Waals surface area (Å²) in [4.78, 5) is 32.4. The van der Waals surface area contributed by atoms with E-state index in [2.05, 4.69) is 20.7 Å². The van der Waals surface area contributed by atoms with Crippen molar-refractivity contribution < 1.29 is 14.4 Å². The first-order valence-electron chi connectivity index (χ1n) is 8.37. The molecule has 1 heterocycles. The van der Waals surface area contributed by atoms with Gasteiger partial charge in [-0.1, -0.05) is 30.3 Å². The Hall–Kier alpha value is -4.13. The van der Waals surface area contributed by atoms with Crippen molar-refractivity contribution in [3.8, 4) is 0 Å². The standard InChI is InChI=1S/C21H16N4O3/c26-20(11-6-16-4-2-1-3-5-16)28-25-19-9-7-18(8-10-19)23-24-21(27)17-12-14-22-15-13-17/h1-15,25H/b11-6+,24-23?. The van der Waals surface area contributed by atoms with Crippen molar-refractivity contribution in [2.24, 2.45) is 10.2 Å². The van der Waals surface area contributed by atoms with Crippen LogP contribution < -0.4 is 5.48 Å². The Bertz CT molecular complexity index is 985. The molecule has 3 rings (SSSR count). The summed E-state index contributed by atoms with van der Waals surface area (Å²) in [6.07, 6.45) is 6.02. The molecule has 0 unspecified atom stereocenters. The van der Waals surface area contributed by atoms with E-state index in [0.717, 1.165) is 5.56 Å². The third-order valence-electron chi connectivity index (χ3n) is 3.53. The SMILES string of the molecule is O=C(/C=C/c1ccccc1)ONc1ccc(N=NC(=O)c2ccncc2)cc1. The zero-order valence-corrected chi connectivity index (χ0v) is 14.7. The second-order valence-corrected chi connectivity index (χ2v) is 5.56. The van der Waals surface area contributed by atoms with Crippen LogP contribution in [0, 0.1) is 0 Å². The molecule has 0 fully saturated rings. The van der Waals surface area contributed by atoms with Gasteiger partial charge in [0.2, 0.25) is 0 Å². The van der Waals surface area contributed by atoms with Crippen LogP contribution in [-0.4, -0.2) is 16.9 Å². The van der Waals surface area contributed by atoms with Gasteiger partial charge in [0.15, 0.2) is 0 Å². The predicted molar refractivity (Wildman–Crippen MR) is 105 cm³/mol. The van der Waals surface area contributed by atoms with Crippen LogP contribution in [0.25, 0.3) is 6.08 Å². The maximum Gasteiger partial charge on any atom is 0.355 e. The molecule has 0 aliphatic rings. The summed E-state index contributed by atoms with van der Waals surface area (Å²) in [5.74, 6) is -0.987. The first-order chi connectivity index (χ1) is 13.7. The molecule has 0 saturated heterocycles. The lowest BCUT2D eigenvalue weighted by molar-refractivity contribution is -0.134. The van der Waals surface area contributed by atoms with Gasteiger partial charge in [0, 0.05) is 24.0 Å². The maximum absolute atomic E-state index is 11.9. The quantitative estimate of drug-likeness (QED) is 0.388. The number of aromatic nitrogens is 1. The van der Waals surface area contributed by atoms with Crippen molar-refractivity contribution in [1.29, 1.82) is 0 Å². The summed E-state index contributed by atoms with van der Waals surface area (Å²) >= 11 is 0. The normalized spacial score (nSPS) is 10.9. The van der Waals surface area contributed by atoms with Crippen LogP contribution in [0.1, 0.15) is 15.9 Å². The Balaban J connectivity index is 1.50. The minimum Gasteiger partial charge on any atom is -0.339 e. The summed E-state index contributed by atoms with van der Waals surface area (Å²) < 4.78 is 0. The third-order valence-corrected chi connectivity index (χ3v) is 3.53. The molecule has 0 spiro atoms. The van der Waals surface area contributed by atoms with Gasteiger partial charge in [-0.15, -0.1) is 10.2 Å². The Morgan fingerprint density at radius 1 is 0.929 bits per heavy atom. The van der Waals surface area contributed by atoms with Crippen LogP contribution in [0.2, 0.25) is 0 Å². The largest absolute Gasteiger partial charge is 0.355 e. The number of nitrogens with one attached hydrogen (secondary N) is 1. The van der Waals surface area contributed by atoms with Gasteiger partial charge in [-0.3, -0.25) is 9.78 Å². The average Bonchev–Trinajstić information content (AvgIpc) is 2.76. The molecule has 0 aliphatic heterocycles. The summed E-state index contributed by atoms with van der Waals surface area (Å²) in [7, 11) is 0. The van der Waals surface area contributed by atoms with Gasteiger partial charge in [0.05, 0.1) is 11.4 Å². The van der Waals surface area contributed by atoms with Gasteiger partial charge in [-0.25, -0.2) is 10.3 Å². The van der Waals surface area contributed by atoms with Crippen molar-refractivity contribution in [2.75, 3.05) is 5.48 Å². The average molecular weight is 372 g/mol. The minimum absolute atomic E-state index is 0.410. The smallest absolute Gasteiger partial charge is 0.339 e. The maximum atomic E-state index is 11.9. The van der Waals surface area contributed by atoms with Crippen LogP contribution in [0.4, 0.5) is 11.4 Å². The lowest BCUT2D eigenvalue weighted by Gasteiger charge is -2.04. The molecule has 0 aliphatic carbocycles. The Kier molecular flexibility index (Phi) is 6.35. The summed E-state index contributed by atoms with van der Waals surface area (Å²) in [6.45, 7) is 0. The number of rotatable bonds is 6. The number of anilines is 1. The van der Waals surface area contributed by atoms with E-state index in [9.17, 15) is 9.59 Å². The van der Waals surface area contributed by atoms with E-state index >= 15 is 0 Å². The molecule has 1 amide bonds. The van der Waals surface area contributed by atoms with Crippen LogP contribution in [0.15, 0.2) is 95.4 Å².